The third-order valence-electron chi connectivity index (χ3n) is 2.21. The van der Waals surface area contributed by atoms with Crippen LogP contribution in [0.1, 0.15) is 11.5 Å². The Labute approximate surface area is 94.2 Å². The largest absolute Gasteiger partial charge is 0.487 e. The van der Waals surface area contributed by atoms with Gasteiger partial charge in [0.2, 0.25) is 0 Å². The lowest BCUT2D eigenvalue weighted by molar-refractivity contribution is 0.288. The van der Waals surface area contributed by atoms with Crippen LogP contribution < -0.4 is 10.1 Å². The van der Waals surface area contributed by atoms with Crippen molar-refractivity contribution in [3.05, 3.63) is 41.8 Å². The van der Waals surface area contributed by atoms with Gasteiger partial charge in [-0.05, 0) is 31.2 Å². The van der Waals surface area contributed by atoms with Crippen molar-refractivity contribution in [1.29, 1.82) is 0 Å². The minimum Gasteiger partial charge on any atom is -0.487 e. The summed E-state index contributed by atoms with van der Waals surface area (Å²) in [6, 6.07) is 9.62. The highest BCUT2D eigenvalue weighted by Gasteiger charge is 2.01. The number of anilines is 1. The highest BCUT2D eigenvalue weighted by Crippen LogP contribution is 2.16. The molecule has 0 radical (unpaired) electrons. The molecule has 0 aliphatic carbocycles. The summed E-state index contributed by atoms with van der Waals surface area (Å²) >= 11 is 0. The van der Waals surface area contributed by atoms with Crippen molar-refractivity contribution in [1.82, 2.24) is 5.16 Å². The van der Waals surface area contributed by atoms with Crippen LogP contribution in [-0.2, 0) is 6.61 Å². The van der Waals surface area contributed by atoms with Crippen molar-refractivity contribution >= 4 is 5.69 Å². The van der Waals surface area contributed by atoms with Crippen molar-refractivity contribution in [3.8, 4) is 5.75 Å². The quantitative estimate of drug-likeness (QED) is 0.856. The van der Waals surface area contributed by atoms with Gasteiger partial charge < -0.3 is 14.6 Å². The smallest absolute Gasteiger partial charge is 0.134 e. The maximum Gasteiger partial charge on any atom is 0.134 e. The topological polar surface area (TPSA) is 47.3 Å². The number of nitrogens with zero attached hydrogens (tertiary/aromatic N) is 1. The number of nitrogens with one attached hydrogen (secondary N) is 1. The van der Waals surface area contributed by atoms with Gasteiger partial charge in [-0.15, -0.1) is 0 Å². The van der Waals surface area contributed by atoms with Crippen LogP contribution in [0.2, 0.25) is 0 Å². The maximum atomic E-state index is 5.55. The first kappa shape index (κ1) is 10.5. The number of hydrogen-bond acceptors (Lipinski definition) is 4. The van der Waals surface area contributed by atoms with Crippen LogP contribution >= 0.6 is 0 Å². The van der Waals surface area contributed by atoms with Crippen molar-refractivity contribution in [2.24, 2.45) is 0 Å². The molecule has 16 heavy (non-hydrogen) atoms. The molecule has 1 N–H and O–H groups in total. The lowest BCUT2D eigenvalue weighted by Gasteiger charge is -2.04. The van der Waals surface area contributed by atoms with E-state index in [-0.39, 0.29) is 0 Å². The van der Waals surface area contributed by atoms with Crippen LogP contribution in [-0.4, -0.2) is 12.2 Å². The molecular formula is C12H14N2O2. The van der Waals surface area contributed by atoms with Gasteiger partial charge in [0.25, 0.3) is 0 Å². The van der Waals surface area contributed by atoms with Crippen LogP contribution in [0.5, 0.6) is 5.75 Å². The van der Waals surface area contributed by atoms with E-state index in [0.717, 1.165) is 22.9 Å². The molecule has 1 aromatic heterocycles. The normalized spacial score (nSPS) is 10.1. The van der Waals surface area contributed by atoms with E-state index in [1.165, 1.54) is 0 Å². The number of aryl methyl sites for hydroxylation is 1. The van der Waals surface area contributed by atoms with Gasteiger partial charge in [-0.3, -0.25) is 0 Å². The molecule has 0 unspecified atom stereocenters. The van der Waals surface area contributed by atoms with E-state index in [4.69, 9.17) is 9.26 Å². The third-order valence-corrected chi connectivity index (χ3v) is 2.21. The summed E-state index contributed by atoms with van der Waals surface area (Å²) < 4.78 is 10.5. The van der Waals surface area contributed by atoms with Gasteiger partial charge in [0.1, 0.15) is 23.8 Å². The van der Waals surface area contributed by atoms with E-state index in [1.54, 1.807) is 0 Å². The fourth-order valence-corrected chi connectivity index (χ4v) is 1.36. The molecule has 4 heteroatoms. The molecule has 1 aromatic carbocycles. The molecule has 2 aromatic rings. The molecule has 4 nitrogen and oxygen atoms in total. The second-order valence-corrected chi connectivity index (χ2v) is 3.49. The lowest BCUT2D eigenvalue weighted by Crippen LogP contribution is -1.95. The molecule has 1 heterocycles. The molecule has 0 bridgehead atoms. The average molecular weight is 218 g/mol. The Bertz CT molecular complexity index is 448. The van der Waals surface area contributed by atoms with Gasteiger partial charge in [-0.1, -0.05) is 5.16 Å². The highest BCUT2D eigenvalue weighted by atomic mass is 16.5. The molecule has 0 saturated heterocycles. The van der Waals surface area contributed by atoms with Gasteiger partial charge in [-0.25, -0.2) is 0 Å². The molecule has 0 fully saturated rings. The number of hydrogen-bond donors (Lipinski definition) is 1. The van der Waals surface area contributed by atoms with Crippen LogP contribution in [0, 0.1) is 6.92 Å². The first-order chi connectivity index (χ1) is 7.78. The number of benzene rings is 1. The summed E-state index contributed by atoms with van der Waals surface area (Å²) in [5, 5.41) is 6.90. The zero-order valence-corrected chi connectivity index (χ0v) is 9.36. The Morgan fingerprint density at radius 1 is 1.31 bits per heavy atom. The minimum absolute atomic E-state index is 0.427. The molecule has 0 aliphatic heterocycles. The summed E-state index contributed by atoms with van der Waals surface area (Å²) in [5.74, 6) is 1.61. The monoisotopic (exact) mass is 218 g/mol. The highest BCUT2D eigenvalue weighted by molar-refractivity contribution is 5.45. The second kappa shape index (κ2) is 4.70. The Morgan fingerprint density at radius 2 is 2.06 bits per heavy atom. The predicted octanol–water partition coefficient (Wildman–Crippen LogP) is 2.60. The average Bonchev–Trinajstić information content (AvgIpc) is 2.73. The van der Waals surface area contributed by atoms with E-state index >= 15 is 0 Å². The Balaban J connectivity index is 1.94. The summed E-state index contributed by atoms with van der Waals surface area (Å²) in [6.07, 6.45) is 0. The predicted molar refractivity (Wildman–Crippen MR) is 61.6 cm³/mol. The first-order valence-electron chi connectivity index (χ1n) is 5.11. The second-order valence-electron chi connectivity index (χ2n) is 3.49. The standard InChI is InChI=1S/C12H14N2O2/c1-9-7-11(14-16-9)8-15-12-5-3-10(13-2)4-6-12/h3-7,13H,8H2,1-2H3. The molecule has 0 saturated carbocycles. The Kier molecular flexibility index (Phi) is 3.10. The van der Waals surface area contributed by atoms with E-state index in [2.05, 4.69) is 10.5 Å². The van der Waals surface area contributed by atoms with Crippen LogP contribution in [0.25, 0.3) is 0 Å². The van der Waals surface area contributed by atoms with Crippen LogP contribution in [0.15, 0.2) is 34.9 Å². The summed E-state index contributed by atoms with van der Waals surface area (Å²) in [4.78, 5) is 0. The van der Waals surface area contributed by atoms with Crippen molar-refractivity contribution < 1.29 is 9.26 Å². The van der Waals surface area contributed by atoms with E-state index < -0.39 is 0 Å². The van der Waals surface area contributed by atoms with Crippen molar-refractivity contribution in [2.75, 3.05) is 12.4 Å². The van der Waals surface area contributed by atoms with E-state index in [1.807, 2.05) is 44.3 Å². The van der Waals surface area contributed by atoms with E-state index in [0.29, 0.717) is 6.61 Å². The van der Waals surface area contributed by atoms with Crippen molar-refractivity contribution in [3.63, 3.8) is 0 Å². The zero-order valence-electron chi connectivity index (χ0n) is 9.36. The fraction of sp³-hybridized carbons (Fsp3) is 0.250. The zero-order chi connectivity index (χ0) is 11.4. The van der Waals surface area contributed by atoms with E-state index in [9.17, 15) is 0 Å². The molecular weight excluding hydrogens is 204 g/mol. The molecule has 0 aliphatic rings. The van der Waals surface area contributed by atoms with Gasteiger partial charge in [0.05, 0.1) is 0 Å². The SMILES string of the molecule is CNc1ccc(OCc2cc(C)on2)cc1. The Morgan fingerprint density at radius 3 is 2.62 bits per heavy atom. The van der Waals surface area contributed by atoms with Crippen LogP contribution in [0.4, 0.5) is 5.69 Å². The third kappa shape index (κ3) is 2.53. The number of rotatable bonds is 4. The van der Waals surface area contributed by atoms with Crippen LogP contribution in [0.3, 0.4) is 0 Å². The lowest BCUT2D eigenvalue weighted by atomic mass is 10.3. The minimum atomic E-state index is 0.427. The summed E-state index contributed by atoms with van der Waals surface area (Å²) in [6.45, 7) is 2.29. The number of ether oxygens (including phenoxy) is 1. The fourth-order valence-electron chi connectivity index (χ4n) is 1.36. The Hall–Kier alpha value is -1.97. The van der Waals surface area contributed by atoms with Crippen molar-refractivity contribution in [2.45, 2.75) is 13.5 Å². The van der Waals surface area contributed by atoms with Gasteiger partial charge in [-0.2, -0.15) is 0 Å². The molecule has 84 valence electrons. The van der Waals surface area contributed by atoms with Gasteiger partial charge in [0.15, 0.2) is 0 Å². The maximum absolute atomic E-state index is 5.55. The number of aromatic nitrogens is 1. The molecule has 0 amide bonds. The first-order valence-corrected chi connectivity index (χ1v) is 5.11. The summed E-state index contributed by atoms with van der Waals surface area (Å²) in [5.41, 5.74) is 1.86. The molecule has 0 spiro atoms. The van der Waals surface area contributed by atoms with Gasteiger partial charge in [0, 0.05) is 18.8 Å². The molecule has 2 rings (SSSR count). The van der Waals surface area contributed by atoms with Gasteiger partial charge >= 0.3 is 0 Å². The summed E-state index contributed by atoms with van der Waals surface area (Å²) in [7, 11) is 1.88. The molecule has 0 atom stereocenters.